The van der Waals surface area contributed by atoms with Crippen LogP contribution < -0.4 is 10.6 Å². The smallest absolute Gasteiger partial charge is 0.326 e. The van der Waals surface area contributed by atoms with Crippen LogP contribution in [0, 0.1) is 11.5 Å². The summed E-state index contributed by atoms with van der Waals surface area (Å²) < 4.78 is 39.2. The average molecular weight is 460 g/mol. The second-order valence-electron chi connectivity index (χ2n) is 6.87. The number of anilines is 1. The molecule has 1 heterocycles. The molecule has 2 N–H and O–H groups in total. The SMILES string of the molecule is CCN(C#N)C(=O)C(Cc1csc2ccccc12)NC(=O)Nc1ccc(C(F)(F)F)cc1. The second kappa shape index (κ2) is 9.70. The molecule has 3 rings (SSSR count). The average Bonchev–Trinajstić information content (AvgIpc) is 3.16. The molecule has 32 heavy (non-hydrogen) atoms. The molecule has 166 valence electrons. The number of hydrogen-bond donors (Lipinski definition) is 2. The predicted octanol–water partition coefficient (Wildman–Crippen LogP) is 4.98. The quantitative estimate of drug-likeness (QED) is 0.402. The van der Waals surface area contributed by atoms with E-state index in [0.717, 1.165) is 44.8 Å². The monoisotopic (exact) mass is 460 g/mol. The minimum absolute atomic E-state index is 0.135. The van der Waals surface area contributed by atoms with Gasteiger partial charge in [0.2, 0.25) is 0 Å². The Morgan fingerprint density at radius 1 is 1.16 bits per heavy atom. The van der Waals surface area contributed by atoms with E-state index in [1.807, 2.05) is 29.6 Å². The molecule has 6 nitrogen and oxygen atoms in total. The topological polar surface area (TPSA) is 85.2 Å². The number of thiophene rings is 1. The molecule has 0 fully saturated rings. The highest BCUT2D eigenvalue weighted by molar-refractivity contribution is 7.17. The summed E-state index contributed by atoms with van der Waals surface area (Å²) in [7, 11) is 0. The second-order valence-corrected chi connectivity index (χ2v) is 7.78. The molecular weight excluding hydrogens is 441 g/mol. The molecule has 1 atom stereocenters. The van der Waals surface area contributed by atoms with Gasteiger partial charge in [-0.2, -0.15) is 18.4 Å². The van der Waals surface area contributed by atoms with Crippen LogP contribution in [0.25, 0.3) is 10.1 Å². The summed E-state index contributed by atoms with van der Waals surface area (Å²) in [6.45, 7) is 1.78. The number of nitriles is 1. The van der Waals surface area contributed by atoms with E-state index in [-0.39, 0.29) is 18.7 Å². The first-order valence-electron chi connectivity index (χ1n) is 9.64. The number of carbonyl (C=O) groups excluding carboxylic acids is 2. The Hall–Kier alpha value is -3.58. The Kier molecular flexibility index (Phi) is 7.00. The number of halogens is 3. The molecule has 0 aliphatic heterocycles. The fraction of sp³-hybridized carbons (Fsp3) is 0.227. The van der Waals surface area contributed by atoms with Crippen molar-refractivity contribution in [2.24, 2.45) is 0 Å². The molecule has 10 heteroatoms. The zero-order chi connectivity index (χ0) is 23.3. The summed E-state index contributed by atoms with van der Waals surface area (Å²) in [6, 6.07) is 9.76. The standard InChI is InChI=1S/C22H19F3N4O2S/c1-2-29(13-26)20(30)18(11-14-12-32-19-6-4-3-5-17(14)19)28-21(31)27-16-9-7-15(8-10-16)22(23,24)25/h3-10,12,18H,2,11H2,1H3,(H2,27,28,31). The molecule has 0 bridgehead atoms. The summed E-state index contributed by atoms with van der Waals surface area (Å²) in [6.07, 6.45) is -2.53. The van der Waals surface area contributed by atoms with Crippen LogP contribution in [0.15, 0.2) is 53.9 Å². The number of amides is 3. The number of nitrogens with one attached hydrogen (secondary N) is 2. The van der Waals surface area contributed by atoms with Crippen LogP contribution in [0.5, 0.6) is 0 Å². The van der Waals surface area contributed by atoms with Crippen molar-refractivity contribution < 1.29 is 22.8 Å². The van der Waals surface area contributed by atoms with Crippen LogP contribution in [0.3, 0.4) is 0 Å². The third-order valence-corrected chi connectivity index (χ3v) is 5.77. The van der Waals surface area contributed by atoms with Crippen LogP contribution in [-0.4, -0.2) is 29.4 Å². The molecule has 1 aromatic heterocycles. The molecule has 0 radical (unpaired) electrons. The summed E-state index contributed by atoms with van der Waals surface area (Å²) in [5.74, 6) is -0.576. The van der Waals surface area contributed by atoms with E-state index >= 15 is 0 Å². The number of rotatable bonds is 6. The van der Waals surface area contributed by atoms with Gasteiger partial charge in [0, 0.05) is 23.4 Å². The van der Waals surface area contributed by atoms with Gasteiger partial charge in [-0.1, -0.05) is 18.2 Å². The van der Waals surface area contributed by atoms with Gasteiger partial charge < -0.3 is 10.6 Å². The summed E-state index contributed by atoms with van der Waals surface area (Å²) >= 11 is 1.50. The van der Waals surface area contributed by atoms with Crippen molar-refractivity contribution in [3.05, 3.63) is 65.0 Å². The third-order valence-electron chi connectivity index (χ3n) is 4.76. The van der Waals surface area contributed by atoms with Crippen molar-refractivity contribution in [2.75, 3.05) is 11.9 Å². The molecule has 1 unspecified atom stereocenters. The maximum atomic E-state index is 12.9. The summed E-state index contributed by atoms with van der Waals surface area (Å²) in [5, 5.41) is 17.1. The first-order chi connectivity index (χ1) is 15.2. The van der Waals surface area contributed by atoms with Crippen LogP contribution in [-0.2, 0) is 17.4 Å². The minimum atomic E-state index is -4.48. The fourth-order valence-corrected chi connectivity index (χ4v) is 4.12. The maximum absolute atomic E-state index is 12.9. The molecule has 3 aromatic rings. The van der Waals surface area contributed by atoms with Gasteiger partial charge in [0.05, 0.1) is 5.56 Å². The molecule has 0 spiro atoms. The number of hydrogen-bond acceptors (Lipinski definition) is 4. The van der Waals surface area contributed by atoms with Gasteiger partial charge >= 0.3 is 12.2 Å². The number of benzene rings is 2. The molecule has 3 amide bonds. The molecule has 0 saturated heterocycles. The minimum Gasteiger partial charge on any atom is -0.326 e. The highest BCUT2D eigenvalue weighted by Crippen LogP contribution is 2.30. The van der Waals surface area contributed by atoms with E-state index in [4.69, 9.17) is 0 Å². The molecule has 0 aliphatic rings. The van der Waals surface area contributed by atoms with Crippen LogP contribution >= 0.6 is 11.3 Å². The van der Waals surface area contributed by atoms with E-state index in [1.165, 1.54) is 11.3 Å². The van der Waals surface area contributed by atoms with Gasteiger partial charge in [0.25, 0.3) is 5.91 Å². The Morgan fingerprint density at radius 3 is 2.47 bits per heavy atom. The van der Waals surface area contributed by atoms with E-state index in [2.05, 4.69) is 10.6 Å². The van der Waals surface area contributed by atoms with Gasteiger partial charge in [-0.15, -0.1) is 11.3 Å². The van der Waals surface area contributed by atoms with E-state index in [9.17, 15) is 28.0 Å². The lowest BCUT2D eigenvalue weighted by atomic mass is 10.0. The van der Waals surface area contributed by atoms with Crippen LogP contribution in [0.2, 0.25) is 0 Å². The van der Waals surface area contributed by atoms with Crippen LogP contribution in [0.1, 0.15) is 18.1 Å². The maximum Gasteiger partial charge on any atom is 0.416 e. The van der Waals surface area contributed by atoms with Crippen molar-refractivity contribution in [3.8, 4) is 6.19 Å². The summed E-state index contributed by atoms with van der Waals surface area (Å²) in [4.78, 5) is 26.3. The lowest BCUT2D eigenvalue weighted by Crippen LogP contribution is -2.49. The predicted molar refractivity (Wildman–Crippen MR) is 116 cm³/mol. The number of fused-ring (bicyclic) bond motifs is 1. The van der Waals surface area contributed by atoms with E-state index in [0.29, 0.717) is 0 Å². The molecule has 2 aromatic carbocycles. The Morgan fingerprint density at radius 2 is 1.84 bits per heavy atom. The zero-order valence-electron chi connectivity index (χ0n) is 16.9. The normalized spacial score (nSPS) is 12.1. The van der Waals surface area contributed by atoms with Crippen molar-refractivity contribution in [2.45, 2.75) is 25.6 Å². The third kappa shape index (κ3) is 5.36. The number of urea groups is 1. The van der Waals surface area contributed by atoms with E-state index < -0.39 is 29.7 Å². The fourth-order valence-electron chi connectivity index (χ4n) is 3.14. The van der Waals surface area contributed by atoms with Crippen molar-refractivity contribution in [1.29, 1.82) is 5.26 Å². The largest absolute Gasteiger partial charge is 0.416 e. The lowest BCUT2D eigenvalue weighted by molar-refractivity contribution is -0.137. The van der Waals surface area contributed by atoms with Gasteiger partial charge in [0.15, 0.2) is 6.19 Å². The van der Waals surface area contributed by atoms with Gasteiger partial charge in [-0.25, -0.2) is 9.69 Å². The van der Waals surface area contributed by atoms with Gasteiger partial charge in [-0.3, -0.25) is 4.79 Å². The Balaban J connectivity index is 1.78. The van der Waals surface area contributed by atoms with Gasteiger partial charge in [0.1, 0.15) is 6.04 Å². The number of carbonyl (C=O) groups is 2. The van der Waals surface area contributed by atoms with Crippen LogP contribution in [0.4, 0.5) is 23.7 Å². The van der Waals surface area contributed by atoms with Crippen molar-refractivity contribution in [1.82, 2.24) is 10.2 Å². The summed E-state index contributed by atoms with van der Waals surface area (Å²) in [5.41, 5.74) is 0.136. The molecule has 0 aliphatic carbocycles. The Labute approximate surface area is 186 Å². The number of alkyl halides is 3. The Bertz CT molecular complexity index is 1150. The van der Waals surface area contributed by atoms with Gasteiger partial charge in [-0.05, 0) is 53.6 Å². The molecular formula is C22H19F3N4O2S. The van der Waals surface area contributed by atoms with E-state index in [1.54, 1.807) is 13.1 Å². The lowest BCUT2D eigenvalue weighted by Gasteiger charge is -2.22. The first kappa shape index (κ1) is 23.1. The zero-order valence-corrected chi connectivity index (χ0v) is 17.8. The van der Waals surface area contributed by atoms with Crippen molar-refractivity contribution in [3.63, 3.8) is 0 Å². The highest BCUT2D eigenvalue weighted by atomic mass is 32.1. The number of likely N-dealkylation sites (N-methyl/N-ethyl adjacent to an activating group) is 1. The number of nitrogens with zero attached hydrogens (tertiary/aromatic N) is 2. The molecule has 0 saturated carbocycles. The highest BCUT2D eigenvalue weighted by Gasteiger charge is 2.30. The van der Waals surface area contributed by atoms with Crippen molar-refractivity contribution >= 4 is 39.0 Å². The first-order valence-corrected chi connectivity index (χ1v) is 10.5.